The Labute approximate surface area is 184 Å². The summed E-state index contributed by atoms with van der Waals surface area (Å²) in [6.07, 6.45) is -0.552. The van der Waals surface area contributed by atoms with Gasteiger partial charge in [-0.2, -0.15) is 13.2 Å². The topological polar surface area (TPSA) is 51.5 Å². The molecule has 1 unspecified atom stereocenters. The molecule has 0 saturated carbocycles. The van der Waals surface area contributed by atoms with Gasteiger partial charge in [0.05, 0.1) is 5.56 Å². The zero-order chi connectivity index (χ0) is 23.5. The fourth-order valence-corrected chi connectivity index (χ4v) is 3.79. The summed E-state index contributed by atoms with van der Waals surface area (Å²) in [5.41, 5.74) is 2.50. The minimum absolute atomic E-state index is 0.315. The lowest BCUT2D eigenvalue weighted by molar-refractivity contribution is -0.145. The highest BCUT2D eigenvalue weighted by Gasteiger charge is 2.31. The normalized spacial score (nSPS) is 13.1. The maximum absolute atomic E-state index is 13.4. The number of ether oxygens (including phenoxy) is 1. The van der Waals surface area contributed by atoms with Gasteiger partial charge in [-0.15, -0.1) is 0 Å². The zero-order valence-electron chi connectivity index (χ0n) is 18.2. The molecule has 2 aromatic carbocycles. The van der Waals surface area contributed by atoms with Crippen LogP contribution in [-0.2, 0) is 23.9 Å². The Balaban J connectivity index is 2.05. The Morgan fingerprint density at radius 3 is 2.59 bits per heavy atom. The van der Waals surface area contributed by atoms with Crippen molar-refractivity contribution in [2.75, 3.05) is 0 Å². The summed E-state index contributed by atoms with van der Waals surface area (Å²) in [7, 11) is 0. The van der Waals surface area contributed by atoms with E-state index in [9.17, 15) is 23.1 Å². The molecular formula is C25H26F3NO3. The molecule has 0 bridgehead atoms. The van der Waals surface area contributed by atoms with Crippen LogP contribution in [0.1, 0.15) is 42.7 Å². The summed E-state index contributed by atoms with van der Waals surface area (Å²) in [6.45, 7) is 5.87. The van der Waals surface area contributed by atoms with Gasteiger partial charge in [-0.05, 0) is 62.1 Å². The molecule has 170 valence electrons. The Morgan fingerprint density at radius 2 is 1.97 bits per heavy atom. The van der Waals surface area contributed by atoms with Crippen molar-refractivity contribution in [1.82, 2.24) is 4.57 Å². The zero-order valence-corrected chi connectivity index (χ0v) is 18.2. The number of carbonyl (C=O) groups is 1. The highest BCUT2D eigenvalue weighted by molar-refractivity contribution is 5.86. The van der Waals surface area contributed by atoms with Gasteiger partial charge in [0.15, 0.2) is 6.10 Å². The Hall–Kier alpha value is -3.22. The van der Waals surface area contributed by atoms with Crippen LogP contribution in [0.2, 0.25) is 0 Å². The molecule has 0 amide bonds. The number of nitrogens with zero attached hydrogens (tertiary/aromatic N) is 1. The van der Waals surface area contributed by atoms with Gasteiger partial charge in [0, 0.05) is 23.1 Å². The quantitative estimate of drug-likeness (QED) is 0.410. The number of rotatable bonds is 8. The lowest BCUT2D eigenvalue weighted by Crippen LogP contribution is -2.25. The van der Waals surface area contributed by atoms with E-state index in [2.05, 4.69) is 0 Å². The fourth-order valence-electron chi connectivity index (χ4n) is 3.79. The number of carboxylic acids is 1. The lowest BCUT2D eigenvalue weighted by Gasteiger charge is -2.15. The second kappa shape index (κ2) is 9.51. The molecule has 0 radical (unpaired) electrons. The number of aliphatic carboxylic acids is 1. The summed E-state index contributed by atoms with van der Waals surface area (Å²) in [5.74, 6) is -0.630. The third-order valence-electron chi connectivity index (χ3n) is 5.50. The molecule has 0 aliphatic rings. The second-order valence-corrected chi connectivity index (χ2v) is 7.65. The van der Waals surface area contributed by atoms with Crippen molar-refractivity contribution in [2.24, 2.45) is 0 Å². The SMILES string of the molecule is C/C=C\Cc1c(C)n(Cc2cccc(OC(CC)C(=O)O)c2)c2cc(C(F)(F)F)ccc12. The van der Waals surface area contributed by atoms with Crippen LogP contribution in [0.4, 0.5) is 13.2 Å². The molecule has 3 rings (SSSR count). The minimum Gasteiger partial charge on any atom is -0.479 e. The van der Waals surface area contributed by atoms with Crippen molar-refractivity contribution >= 4 is 16.9 Å². The van der Waals surface area contributed by atoms with E-state index in [1.807, 2.05) is 36.6 Å². The van der Waals surface area contributed by atoms with E-state index in [1.54, 1.807) is 31.2 Å². The number of hydrogen-bond acceptors (Lipinski definition) is 2. The van der Waals surface area contributed by atoms with E-state index < -0.39 is 23.8 Å². The van der Waals surface area contributed by atoms with Crippen LogP contribution in [0, 0.1) is 6.92 Å². The molecule has 1 N–H and O–H groups in total. The number of carboxylic acid groups (broad SMARTS) is 1. The molecule has 4 nitrogen and oxygen atoms in total. The molecule has 0 aliphatic carbocycles. The van der Waals surface area contributed by atoms with Crippen LogP contribution in [0.25, 0.3) is 10.9 Å². The number of aromatic nitrogens is 1. The highest BCUT2D eigenvalue weighted by Crippen LogP contribution is 2.35. The molecule has 1 aromatic heterocycles. The molecule has 0 fully saturated rings. The van der Waals surface area contributed by atoms with E-state index in [-0.39, 0.29) is 0 Å². The molecule has 0 aliphatic heterocycles. The number of benzene rings is 2. The monoisotopic (exact) mass is 445 g/mol. The van der Waals surface area contributed by atoms with E-state index >= 15 is 0 Å². The first-order valence-corrected chi connectivity index (χ1v) is 10.4. The van der Waals surface area contributed by atoms with Crippen molar-refractivity contribution < 1.29 is 27.8 Å². The Bertz CT molecular complexity index is 1150. The van der Waals surface area contributed by atoms with E-state index in [0.29, 0.717) is 30.7 Å². The molecule has 0 saturated heterocycles. The molecule has 1 atom stereocenters. The number of halogens is 3. The van der Waals surface area contributed by atoms with Crippen LogP contribution in [0.5, 0.6) is 5.75 Å². The predicted octanol–water partition coefficient (Wildman–Crippen LogP) is 6.38. The van der Waals surface area contributed by atoms with E-state index in [0.717, 1.165) is 28.3 Å². The molecule has 1 heterocycles. The number of alkyl halides is 3. The van der Waals surface area contributed by atoms with Gasteiger partial charge in [0.1, 0.15) is 5.75 Å². The van der Waals surface area contributed by atoms with Gasteiger partial charge >= 0.3 is 12.1 Å². The van der Waals surface area contributed by atoms with Gasteiger partial charge in [0.2, 0.25) is 0 Å². The number of allylic oxidation sites excluding steroid dienone is 2. The van der Waals surface area contributed by atoms with E-state index in [1.165, 1.54) is 6.07 Å². The van der Waals surface area contributed by atoms with Crippen LogP contribution < -0.4 is 4.74 Å². The van der Waals surface area contributed by atoms with Crippen LogP contribution >= 0.6 is 0 Å². The maximum Gasteiger partial charge on any atom is 0.416 e. The molecule has 7 heteroatoms. The predicted molar refractivity (Wildman–Crippen MR) is 118 cm³/mol. The first-order valence-electron chi connectivity index (χ1n) is 10.4. The summed E-state index contributed by atoms with van der Waals surface area (Å²) in [6, 6.07) is 10.9. The summed E-state index contributed by atoms with van der Waals surface area (Å²) >= 11 is 0. The second-order valence-electron chi connectivity index (χ2n) is 7.65. The van der Waals surface area contributed by atoms with Gasteiger partial charge in [-0.3, -0.25) is 0 Å². The molecule has 3 aromatic rings. The fraction of sp³-hybridized carbons (Fsp3) is 0.320. The Morgan fingerprint density at radius 1 is 1.22 bits per heavy atom. The van der Waals surface area contributed by atoms with Crippen molar-refractivity contribution in [3.05, 3.63) is 77.0 Å². The molecular weight excluding hydrogens is 419 g/mol. The van der Waals surface area contributed by atoms with Crippen molar-refractivity contribution in [3.63, 3.8) is 0 Å². The van der Waals surface area contributed by atoms with Crippen molar-refractivity contribution in [2.45, 2.75) is 52.4 Å². The van der Waals surface area contributed by atoms with Crippen LogP contribution in [0.3, 0.4) is 0 Å². The minimum atomic E-state index is -4.43. The number of hydrogen-bond donors (Lipinski definition) is 1. The summed E-state index contributed by atoms with van der Waals surface area (Å²) in [5, 5.41) is 10.0. The molecule has 32 heavy (non-hydrogen) atoms. The largest absolute Gasteiger partial charge is 0.479 e. The maximum atomic E-state index is 13.4. The van der Waals surface area contributed by atoms with Gasteiger partial charge < -0.3 is 14.4 Å². The van der Waals surface area contributed by atoms with Gasteiger partial charge in [-0.25, -0.2) is 4.79 Å². The van der Waals surface area contributed by atoms with Gasteiger partial charge in [-0.1, -0.05) is 37.3 Å². The highest BCUT2D eigenvalue weighted by atomic mass is 19.4. The van der Waals surface area contributed by atoms with Gasteiger partial charge in [0.25, 0.3) is 0 Å². The van der Waals surface area contributed by atoms with Crippen molar-refractivity contribution in [3.8, 4) is 5.75 Å². The van der Waals surface area contributed by atoms with Crippen LogP contribution in [0.15, 0.2) is 54.6 Å². The smallest absolute Gasteiger partial charge is 0.416 e. The molecule has 0 spiro atoms. The lowest BCUT2D eigenvalue weighted by atomic mass is 10.1. The van der Waals surface area contributed by atoms with E-state index in [4.69, 9.17) is 4.74 Å². The average Bonchev–Trinajstić information content (AvgIpc) is 3.00. The standard InChI is InChI=1S/C25H26F3NO3/c1-4-6-10-20-16(3)29(22-14-18(25(26,27)28)11-12-21(20)22)15-17-8-7-9-19(13-17)32-23(5-2)24(30)31/h4,6-9,11-14,23H,5,10,15H2,1-3H3,(H,30,31)/b6-4-. The van der Waals surface area contributed by atoms with Crippen molar-refractivity contribution in [1.29, 1.82) is 0 Å². The average molecular weight is 445 g/mol. The summed E-state index contributed by atoms with van der Waals surface area (Å²) < 4.78 is 47.6. The first-order chi connectivity index (χ1) is 15.2. The third kappa shape index (κ3) is 4.98. The Kier molecular flexibility index (Phi) is 6.96. The summed E-state index contributed by atoms with van der Waals surface area (Å²) in [4.78, 5) is 11.3. The van der Waals surface area contributed by atoms with Crippen LogP contribution in [-0.4, -0.2) is 21.7 Å². The number of fused-ring (bicyclic) bond motifs is 1. The first kappa shape index (κ1) is 23.4. The third-order valence-corrected chi connectivity index (χ3v) is 5.50.